The van der Waals surface area contributed by atoms with Gasteiger partial charge in [0, 0.05) is 42.5 Å². The number of halogens is 1. The summed E-state index contributed by atoms with van der Waals surface area (Å²) >= 11 is 0. The highest BCUT2D eigenvalue weighted by molar-refractivity contribution is 5.89. The lowest BCUT2D eigenvalue weighted by Gasteiger charge is -2.44. The lowest BCUT2D eigenvalue weighted by Crippen LogP contribution is -2.55. The summed E-state index contributed by atoms with van der Waals surface area (Å²) in [7, 11) is 2.14. The zero-order valence-electron chi connectivity index (χ0n) is 20.4. The number of rotatable bonds is 4. The van der Waals surface area contributed by atoms with E-state index in [1.165, 1.54) is 5.56 Å². The Morgan fingerprint density at radius 3 is 2.53 bits per heavy atom. The summed E-state index contributed by atoms with van der Waals surface area (Å²) in [6.07, 6.45) is 8.85. The molecule has 0 radical (unpaired) electrons. The van der Waals surface area contributed by atoms with Crippen molar-refractivity contribution >= 4 is 11.8 Å². The smallest absolute Gasteiger partial charge is 0.245 e. The molecule has 5 nitrogen and oxygen atoms in total. The number of benzene rings is 1. The van der Waals surface area contributed by atoms with Gasteiger partial charge in [0.1, 0.15) is 12.2 Å². The van der Waals surface area contributed by atoms with Crippen LogP contribution in [0, 0.1) is 0 Å². The summed E-state index contributed by atoms with van der Waals surface area (Å²) in [6.45, 7) is 0.781. The Balaban J connectivity index is 1.17. The van der Waals surface area contributed by atoms with Gasteiger partial charge in [-0.15, -0.1) is 0 Å². The Morgan fingerprint density at radius 1 is 1.06 bits per heavy atom. The molecular formula is C28H38FN3O2. The highest BCUT2D eigenvalue weighted by Gasteiger charge is 2.58. The topological polar surface area (TPSA) is 43.9 Å². The van der Waals surface area contributed by atoms with Gasteiger partial charge in [0.15, 0.2) is 0 Å². The van der Waals surface area contributed by atoms with E-state index >= 15 is 0 Å². The average Bonchev–Trinajstić information content (AvgIpc) is 3.30. The number of hydrogen-bond donors (Lipinski definition) is 0. The standard InChI is InChI=1S/C28H38FN3O2/c1-30(24-14-21(29)15-24)22-8-5-9-26(33)32-23(16-22)10-11-25(32)27(34)31-18-20(17-28(31)12-13-28)19-6-3-2-4-7-19/h2-4,6-7,20-25H,5,8-18H2,1H3/t20-,21?,22+,23-,24?,25+/m1/s1. The van der Waals surface area contributed by atoms with Gasteiger partial charge in [-0.3, -0.25) is 9.59 Å². The second kappa shape index (κ2) is 8.61. The average molecular weight is 468 g/mol. The van der Waals surface area contributed by atoms with Crippen molar-refractivity contribution < 1.29 is 14.0 Å². The van der Waals surface area contributed by atoms with Crippen LogP contribution < -0.4 is 0 Å². The molecule has 2 aliphatic carbocycles. The molecule has 1 spiro atoms. The molecule has 1 aromatic carbocycles. The van der Waals surface area contributed by atoms with Crippen molar-refractivity contribution in [3.63, 3.8) is 0 Å². The molecule has 34 heavy (non-hydrogen) atoms. The summed E-state index contributed by atoms with van der Waals surface area (Å²) in [5.74, 6) is 0.752. The fourth-order valence-electron chi connectivity index (χ4n) is 7.42. The van der Waals surface area contributed by atoms with Crippen molar-refractivity contribution in [3.8, 4) is 0 Å². The summed E-state index contributed by atoms with van der Waals surface area (Å²) in [5, 5.41) is 0. The Kier molecular flexibility index (Phi) is 5.70. The van der Waals surface area contributed by atoms with Gasteiger partial charge in [-0.25, -0.2) is 4.39 Å². The number of hydrogen-bond acceptors (Lipinski definition) is 3. The fourth-order valence-corrected chi connectivity index (χ4v) is 7.42. The lowest BCUT2D eigenvalue weighted by molar-refractivity contribution is -0.147. The van der Waals surface area contributed by atoms with Crippen molar-refractivity contribution in [2.24, 2.45) is 0 Å². The van der Waals surface area contributed by atoms with Crippen molar-refractivity contribution in [2.45, 2.75) is 112 Å². The SMILES string of the molecule is CN(C1CC(F)C1)[C@H]1CCCC(=O)N2[C@H](CC[C@H]2C(=O)N2C[C@H](c3ccccc3)CC23CC3)C1. The monoisotopic (exact) mass is 467 g/mol. The van der Waals surface area contributed by atoms with E-state index in [2.05, 4.69) is 41.1 Å². The molecular weight excluding hydrogens is 429 g/mol. The van der Waals surface area contributed by atoms with Crippen LogP contribution in [-0.4, -0.2) is 76.0 Å². The second-order valence-electron chi connectivity index (χ2n) is 11.7. The van der Waals surface area contributed by atoms with Crippen LogP contribution in [0.4, 0.5) is 4.39 Å². The van der Waals surface area contributed by atoms with Crippen LogP contribution >= 0.6 is 0 Å². The first kappa shape index (κ1) is 22.5. The molecule has 0 aromatic heterocycles. The van der Waals surface area contributed by atoms with Crippen LogP contribution in [0.15, 0.2) is 30.3 Å². The molecule has 0 unspecified atom stereocenters. The molecule has 0 N–H and O–H groups in total. The van der Waals surface area contributed by atoms with E-state index in [1.807, 2.05) is 11.0 Å². The molecule has 2 saturated carbocycles. The summed E-state index contributed by atoms with van der Waals surface area (Å²) in [5.41, 5.74) is 1.35. The molecule has 3 heterocycles. The molecule has 5 fully saturated rings. The van der Waals surface area contributed by atoms with Gasteiger partial charge in [0.05, 0.1) is 0 Å². The maximum atomic E-state index is 14.0. The minimum absolute atomic E-state index is 0.0251. The molecule has 1 aromatic rings. The summed E-state index contributed by atoms with van der Waals surface area (Å²) in [6, 6.07) is 11.1. The normalized spacial score (nSPS) is 36.9. The van der Waals surface area contributed by atoms with Crippen LogP contribution in [0.3, 0.4) is 0 Å². The summed E-state index contributed by atoms with van der Waals surface area (Å²) in [4.78, 5) is 33.8. The lowest BCUT2D eigenvalue weighted by atomic mass is 9.86. The van der Waals surface area contributed by atoms with E-state index in [1.54, 1.807) is 0 Å². The van der Waals surface area contributed by atoms with Crippen molar-refractivity contribution in [1.82, 2.24) is 14.7 Å². The van der Waals surface area contributed by atoms with Gasteiger partial charge in [0.25, 0.3) is 0 Å². The highest BCUT2D eigenvalue weighted by Crippen LogP contribution is 2.54. The van der Waals surface area contributed by atoms with E-state index in [0.29, 0.717) is 37.3 Å². The number of alkyl halides is 1. The number of carbonyl (C=O) groups is 2. The highest BCUT2D eigenvalue weighted by atomic mass is 19.1. The molecule has 6 rings (SSSR count). The predicted octanol–water partition coefficient (Wildman–Crippen LogP) is 4.27. The number of likely N-dealkylation sites (tertiary alicyclic amines) is 1. The maximum absolute atomic E-state index is 14.0. The molecule has 0 bridgehead atoms. The molecule has 184 valence electrons. The van der Waals surface area contributed by atoms with E-state index in [9.17, 15) is 14.0 Å². The van der Waals surface area contributed by atoms with E-state index in [-0.39, 0.29) is 29.4 Å². The van der Waals surface area contributed by atoms with E-state index in [0.717, 1.165) is 57.9 Å². The van der Waals surface area contributed by atoms with Crippen LogP contribution in [0.1, 0.15) is 82.1 Å². The van der Waals surface area contributed by atoms with Crippen molar-refractivity contribution in [1.29, 1.82) is 0 Å². The third-order valence-electron chi connectivity index (χ3n) is 9.72. The first-order valence-electron chi connectivity index (χ1n) is 13.5. The van der Waals surface area contributed by atoms with Crippen molar-refractivity contribution in [3.05, 3.63) is 35.9 Å². The van der Waals surface area contributed by atoms with Gasteiger partial charge in [-0.1, -0.05) is 30.3 Å². The zero-order valence-corrected chi connectivity index (χ0v) is 20.4. The molecule has 3 saturated heterocycles. The quantitative estimate of drug-likeness (QED) is 0.664. The van der Waals surface area contributed by atoms with Crippen LogP contribution in [-0.2, 0) is 9.59 Å². The van der Waals surface area contributed by atoms with E-state index in [4.69, 9.17) is 0 Å². The maximum Gasteiger partial charge on any atom is 0.245 e. The minimum atomic E-state index is -0.650. The number of nitrogens with zero attached hydrogens (tertiary/aromatic N) is 3. The van der Waals surface area contributed by atoms with Crippen LogP contribution in [0.25, 0.3) is 0 Å². The minimum Gasteiger partial charge on any atom is -0.335 e. The first-order valence-corrected chi connectivity index (χ1v) is 13.5. The number of amides is 2. The molecule has 3 aliphatic heterocycles. The van der Waals surface area contributed by atoms with Gasteiger partial charge in [-0.05, 0) is 76.8 Å². The summed E-state index contributed by atoms with van der Waals surface area (Å²) < 4.78 is 13.5. The fraction of sp³-hybridized carbons (Fsp3) is 0.714. The Labute approximate surface area is 202 Å². The van der Waals surface area contributed by atoms with Crippen LogP contribution in [0.5, 0.6) is 0 Å². The zero-order chi connectivity index (χ0) is 23.4. The predicted molar refractivity (Wildman–Crippen MR) is 129 cm³/mol. The molecule has 5 aliphatic rings. The van der Waals surface area contributed by atoms with Gasteiger partial charge < -0.3 is 14.7 Å². The van der Waals surface area contributed by atoms with Crippen LogP contribution in [0.2, 0.25) is 0 Å². The third kappa shape index (κ3) is 3.86. The molecule has 6 heteroatoms. The van der Waals surface area contributed by atoms with Gasteiger partial charge >= 0.3 is 0 Å². The number of fused-ring (bicyclic) bond motifs is 1. The van der Waals surface area contributed by atoms with Gasteiger partial charge in [0.2, 0.25) is 11.8 Å². The third-order valence-corrected chi connectivity index (χ3v) is 9.72. The number of carbonyl (C=O) groups excluding carboxylic acids is 2. The van der Waals surface area contributed by atoms with E-state index < -0.39 is 6.17 Å². The Morgan fingerprint density at radius 2 is 1.82 bits per heavy atom. The van der Waals surface area contributed by atoms with Gasteiger partial charge in [-0.2, -0.15) is 0 Å². The Hall–Kier alpha value is -1.95. The van der Waals surface area contributed by atoms with Crippen molar-refractivity contribution in [2.75, 3.05) is 13.6 Å². The second-order valence-corrected chi connectivity index (χ2v) is 11.7. The molecule has 4 atom stereocenters. The Bertz CT molecular complexity index is 929. The molecule has 2 amide bonds. The first-order chi connectivity index (χ1) is 16.4. The largest absolute Gasteiger partial charge is 0.335 e.